The predicted octanol–water partition coefficient (Wildman–Crippen LogP) is -0.0593. The van der Waals surface area contributed by atoms with E-state index in [1.54, 1.807) is 6.08 Å². The predicted molar refractivity (Wildman–Crippen MR) is 49.7 cm³/mol. The van der Waals surface area contributed by atoms with Crippen molar-refractivity contribution in [2.75, 3.05) is 0 Å². The summed E-state index contributed by atoms with van der Waals surface area (Å²) in [7, 11) is 0. The van der Waals surface area contributed by atoms with Gasteiger partial charge in [-0.15, -0.1) is 0 Å². The van der Waals surface area contributed by atoms with Crippen LogP contribution in [0.5, 0.6) is 0 Å². The molecule has 1 aliphatic heterocycles. The highest BCUT2D eigenvalue weighted by molar-refractivity contribution is 6.13. The first-order chi connectivity index (χ1) is 7.09. The van der Waals surface area contributed by atoms with Gasteiger partial charge in [0.25, 0.3) is 11.8 Å². The molecule has 2 aliphatic rings. The van der Waals surface area contributed by atoms with E-state index in [0.717, 1.165) is 4.90 Å². The monoisotopic (exact) mass is 207 g/mol. The lowest BCUT2D eigenvalue weighted by Crippen LogP contribution is -2.38. The normalized spacial score (nSPS) is 29.2. The molecule has 0 radical (unpaired) electrons. The van der Waals surface area contributed by atoms with Crippen LogP contribution in [0.4, 0.5) is 0 Å². The standard InChI is InChI=1S/C10H9NO4/c12-8-3-4-9(13)11(8)7-2-1-6(5-7)10(14)15/h1-4,6-7H,5H2,(H,14,15). The van der Waals surface area contributed by atoms with E-state index in [0.29, 0.717) is 0 Å². The second-order valence-corrected chi connectivity index (χ2v) is 3.51. The average molecular weight is 207 g/mol. The van der Waals surface area contributed by atoms with Crippen LogP contribution in [-0.2, 0) is 14.4 Å². The summed E-state index contributed by atoms with van der Waals surface area (Å²) < 4.78 is 0. The van der Waals surface area contributed by atoms with Crippen molar-refractivity contribution in [1.82, 2.24) is 4.90 Å². The topological polar surface area (TPSA) is 74.7 Å². The van der Waals surface area contributed by atoms with Crippen molar-refractivity contribution < 1.29 is 19.5 Å². The SMILES string of the molecule is O=C(O)C1C=CC(N2C(=O)C=CC2=O)C1. The maximum Gasteiger partial charge on any atom is 0.310 e. The molecular weight excluding hydrogens is 198 g/mol. The van der Waals surface area contributed by atoms with Crippen LogP contribution < -0.4 is 0 Å². The third-order valence-corrected chi connectivity index (χ3v) is 2.55. The Morgan fingerprint density at radius 3 is 2.33 bits per heavy atom. The van der Waals surface area contributed by atoms with Crippen LogP contribution in [0.3, 0.4) is 0 Å². The summed E-state index contributed by atoms with van der Waals surface area (Å²) in [6.07, 6.45) is 5.79. The fraction of sp³-hybridized carbons (Fsp3) is 0.300. The van der Waals surface area contributed by atoms with Crippen molar-refractivity contribution in [3.63, 3.8) is 0 Å². The first-order valence-corrected chi connectivity index (χ1v) is 4.56. The molecule has 0 aromatic rings. The molecule has 0 bridgehead atoms. The van der Waals surface area contributed by atoms with Crippen molar-refractivity contribution >= 4 is 17.8 Å². The number of carbonyl (C=O) groups is 3. The van der Waals surface area contributed by atoms with E-state index < -0.39 is 17.9 Å². The molecule has 78 valence electrons. The van der Waals surface area contributed by atoms with Gasteiger partial charge in [-0.2, -0.15) is 0 Å². The molecular formula is C10H9NO4. The Bertz CT molecular complexity index is 378. The van der Waals surface area contributed by atoms with Crippen molar-refractivity contribution in [1.29, 1.82) is 0 Å². The molecule has 5 heteroatoms. The molecule has 1 heterocycles. The first kappa shape index (κ1) is 9.64. The quantitative estimate of drug-likeness (QED) is 0.508. The van der Waals surface area contributed by atoms with Gasteiger partial charge in [0.05, 0.1) is 12.0 Å². The van der Waals surface area contributed by atoms with Crippen LogP contribution in [0.2, 0.25) is 0 Å². The lowest BCUT2D eigenvalue weighted by Gasteiger charge is -2.20. The van der Waals surface area contributed by atoms with Gasteiger partial charge in [-0.05, 0) is 6.42 Å². The number of carboxylic acids is 1. The van der Waals surface area contributed by atoms with Crippen molar-refractivity contribution in [3.05, 3.63) is 24.3 Å². The Morgan fingerprint density at radius 2 is 1.87 bits per heavy atom. The van der Waals surface area contributed by atoms with Crippen LogP contribution in [0.1, 0.15) is 6.42 Å². The van der Waals surface area contributed by atoms with Gasteiger partial charge in [0.15, 0.2) is 0 Å². The molecule has 2 rings (SSSR count). The zero-order valence-electron chi connectivity index (χ0n) is 7.79. The minimum Gasteiger partial charge on any atom is -0.481 e. The second kappa shape index (κ2) is 3.34. The Morgan fingerprint density at radius 1 is 1.27 bits per heavy atom. The van der Waals surface area contributed by atoms with E-state index in [9.17, 15) is 14.4 Å². The second-order valence-electron chi connectivity index (χ2n) is 3.51. The number of carbonyl (C=O) groups excluding carboxylic acids is 2. The van der Waals surface area contributed by atoms with Gasteiger partial charge in [0, 0.05) is 12.2 Å². The van der Waals surface area contributed by atoms with Gasteiger partial charge >= 0.3 is 5.97 Å². The number of hydrogen-bond donors (Lipinski definition) is 1. The zero-order valence-corrected chi connectivity index (χ0v) is 7.79. The summed E-state index contributed by atoms with van der Waals surface area (Å²) >= 11 is 0. The molecule has 0 aromatic carbocycles. The summed E-state index contributed by atoms with van der Waals surface area (Å²) in [6, 6.07) is -0.416. The highest BCUT2D eigenvalue weighted by Crippen LogP contribution is 2.24. The molecule has 5 nitrogen and oxygen atoms in total. The van der Waals surface area contributed by atoms with Crippen LogP contribution >= 0.6 is 0 Å². The molecule has 2 unspecified atom stereocenters. The van der Waals surface area contributed by atoms with E-state index in [-0.39, 0.29) is 18.2 Å². The van der Waals surface area contributed by atoms with E-state index in [1.807, 2.05) is 0 Å². The minimum absolute atomic E-state index is 0.272. The number of aliphatic carboxylic acids is 1. The lowest BCUT2D eigenvalue weighted by molar-refractivity contribution is -0.143. The van der Waals surface area contributed by atoms with Crippen LogP contribution in [0.25, 0.3) is 0 Å². The maximum absolute atomic E-state index is 11.3. The zero-order chi connectivity index (χ0) is 11.0. The smallest absolute Gasteiger partial charge is 0.310 e. The molecule has 0 saturated carbocycles. The highest BCUT2D eigenvalue weighted by Gasteiger charge is 2.35. The Kier molecular flexibility index (Phi) is 2.15. The van der Waals surface area contributed by atoms with Crippen molar-refractivity contribution in [3.8, 4) is 0 Å². The average Bonchev–Trinajstić information content (AvgIpc) is 2.73. The first-order valence-electron chi connectivity index (χ1n) is 4.56. The highest BCUT2D eigenvalue weighted by atomic mass is 16.4. The molecule has 15 heavy (non-hydrogen) atoms. The largest absolute Gasteiger partial charge is 0.481 e. The molecule has 0 fully saturated rings. The molecule has 0 aromatic heterocycles. The third-order valence-electron chi connectivity index (χ3n) is 2.55. The summed E-state index contributed by atoms with van der Waals surface area (Å²) in [4.78, 5) is 34.3. The lowest BCUT2D eigenvalue weighted by atomic mass is 10.1. The van der Waals surface area contributed by atoms with Crippen LogP contribution in [0.15, 0.2) is 24.3 Å². The minimum atomic E-state index is -0.930. The molecule has 2 amide bonds. The molecule has 1 N–H and O–H groups in total. The molecule has 1 aliphatic carbocycles. The summed E-state index contributed by atoms with van der Waals surface area (Å²) in [5.74, 6) is -2.28. The third kappa shape index (κ3) is 1.56. The Labute approximate surface area is 85.7 Å². The van der Waals surface area contributed by atoms with Crippen molar-refractivity contribution in [2.45, 2.75) is 12.5 Å². The van der Waals surface area contributed by atoms with E-state index in [4.69, 9.17) is 5.11 Å². The molecule has 2 atom stereocenters. The van der Waals surface area contributed by atoms with Gasteiger partial charge in [0.2, 0.25) is 0 Å². The number of imide groups is 1. The van der Waals surface area contributed by atoms with Crippen LogP contribution in [-0.4, -0.2) is 33.8 Å². The Hall–Kier alpha value is -1.91. The number of amides is 2. The summed E-state index contributed by atoms with van der Waals surface area (Å²) in [6.45, 7) is 0. The van der Waals surface area contributed by atoms with Gasteiger partial charge < -0.3 is 5.11 Å². The fourth-order valence-electron chi connectivity index (χ4n) is 1.79. The van der Waals surface area contributed by atoms with E-state index in [2.05, 4.69) is 0 Å². The summed E-state index contributed by atoms with van der Waals surface area (Å²) in [5, 5.41) is 8.75. The van der Waals surface area contributed by atoms with E-state index in [1.165, 1.54) is 18.2 Å². The van der Waals surface area contributed by atoms with Gasteiger partial charge in [-0.1, -0.05) is 12.2 Å². The molecule has 0 saturated heterocycles. The van der Waals surface area contributed by atoms with Gasteiger partial charge in [0.1, 0.15) is 0 Å². The number of carboxylic acid groups (broad SMARTS) is 1. The number of hydrogen-bond acceptors (Lipinski definition) is 3. The molecule has 0 spiro atoms. The van der Waals surface area contributed by atoms with E-state index >= 15 is 0 Å². The summed E-state index contributed by atoms with van der Waals surface area (Å²) in [5.41, 5.74) is 0. The Balaban J connectivity index is 2.10. The maximum atomic E-state index is 11.3. The number of nitrogens with zero attached hydrogens (tertiary/aromatic N) is 1. The van der Waals surface area contributed by atoms with Gasteiger partial charge in [-0.25, -0.2) is 0 Å². The number of rotatable bonds is 2. The van der Waals surface area contributed by atoms with Gasteiger partial charge in [-0.3, -0.25) is 19.3 Å². The fourth-order valence-corrected chi connectivity index (χ4v) is 1.79. The van der Waals surface area contributed by atoms with Crippen molar-refractivity contribution in [2.24, 2.45) is 5.92 Å². The van der Waals surface area contributed by atoms with Crippen LogP contribution in [0, 0.1) is 5.92 Å².